The van der Waals surface area contributed by atoms with E-state index < -0.39 is 12.1 Å². The van der Waals surface area contributed by atoms with Crippen LogP contribution in [0.5, 0.6) is 0 Å². The highest BCUT2D eigenvalue weighted by Gasteiger charge is 2.17. The Morgan fingerprint density at radius 3 is 1.35 bits per heavy atom. The Morgan fingerprint density at radius 2 is 1.00 bits per heavy atom. The topological polar surface area (TPSA) is 142 Å². The summed E-state index contributed by atoms with van der Waals surface area (Å²) in [5.74, 6) is -1.12. The number of carbonyl (C=O) groups is 4. The van der Waals surface area contributed by atoms with Crippen molar-refractivity contribution in [3.8, 4) is 0 Å². The lowest BCUT2D eigenvalue weighted by molar-refractivity contribution is -0.123. The first-order valence-electron chi connectivity index (χ1n) is 11.4. The summed E-state index contributed by atoms with van der Waals surface area (Å²) < 4.78 is 0. The molecule has 0 bridgehead atoms. The van der Waals surface area contributed by atoms with Crippen molar-refractivity contribution in [1.29, 1.82) is 0 Å². The van der Waals surface area contributed by atoms with Crippen molar-refractivity contribution in [1.82, 2.24) is 31.2 Å². The van der Waals surface area contributed by atoms with Crippen LogP contribution in [0.15, 0.2) is 49.1 Å². The van der Waals surface area contributed by atoms with E-state index in [9.17, 15) is 19.2 Å². The van der Waals surface area contributed by atoms with E-state index in [0.29, 0.717) is 24.2 Å². The molecule has 0 radical (unpaired) electrons. The third-order valence-electron chi connectivity index (χ3n) is 5.07. The average molecular weight is 469 g/mol. The fourth-order valence-corrected chi connectivity index (χ4v) is 3.03. The van der Waals surface area contributed by atoms with Gasteiger partial charge in [0.25, 0.3) is 11.8 Å². The van der Waals surface area contributed by atoms with Crippen LogP contribution in [-0.4, -0.2) is 58.8 Å². The lowest BCUT2D eigenvalue weighted by Gasteiger charge is -2.14. The lowest BCUT2D eigenvalue weighted by atomic mass is 10.2. The molecule has 182 valence electrons. The second-order valence-electron chi connectivity index (χ2n) is 7.86. The molecule has 0 aliphatic rings. The molecule has 10 heteroatoms. The second kappa shape index (κ2) is 14.4. The normalized spacial score (nSPS) is 12.2. The van der Waals surface area contributed by atoms with E-state index in [4.69, 9.17) is 0 Å². The summed E-state index contributed by atoms with van der Waals surface area (Å²) in [5, 5.41) is 10.9. The molecule has 4 N–H and O–H groups in total. The lowest BCUT2D eigenvalue weighted by Crippen LogP contribution is -2.45. The van der Waals surface area contributed by atoms with Gasteiger partial charge in [0, 0.05) is 49.0 Å². The first-order chi connectivity index (χ1) is 16.4. The predicted octanol–water partition coefficient (Wildman–Crippen LogP) is 1.21. The Morgan fingerprint density at radius 1 is 0.647 bits per heavy atom. The number of aromatic nitrogens is 2. The fourth-order valence-electron chi connectivity index (χ4n) is 3.03. The largest absolute Gasteiger partial charge is 0.354 e. The molecule has 2 aromatic heterocycles. The highest BCUT2D eigenvalue weighted by atomic mass is 16.2. The number of rotatable bonds is 13. The number of hydrogen-bond acceptors (Lipinski definition) is 6. The number of carbonyl (C=O) groups excluding carboxylic acids is 4. The van der Waals surface area contributed by atoms with Gasteiger partial charge >= 0.3 is 0 Å². The first-order valence-corrected chi connectivity index (χ1v) is 11.4. The van der Waals surface area contributed by atoms with Crippen molar-refractivity contribution in [2.75, 3.05) is 13.1 Å². The number of unbranched alkanes of at least 4 members (excludes halogenated alkanes) is 3. The molecule has 0 fully saturated rings. The summed E-state index contributed by atoms with van der Waals surface area (Å²) in [6.07, 6.45) is 9.46. The van der Waals surface area contributed by atoms with Crippen LogP contribution in [0.1, 0.15) is 60.2 Å². The van der Waals surface area contributed by atoms with E-state index in [1.807, 2.05) is 0 Å². The highest BCUT2D eigenvalue weighted by Crippen LogP contribution is 2.00. The van der Waals surface area contributed by atoms with Gasteiger partial charge in [0.15, 0.2) is 0 Å². The standard InChI is InChI=1S/C24H32N6O4/c1-17(29-23(33)19-7-13-25-14-8-19)21(31)27-11-5-3-4-6-12-28-22(32)18(2)30-24(34)20-9-15-26-16-10-20/h7-10,13-18H,3-6,11-12H2,1-2H3,(H,27,31)(H,28,32)(H,29,33)(H,30,34)/t17-,18-/m0/s1. The zero-order chi connectivity index (χ0) is 24.8. The molecule has 0 spiro atoms. The Balaban J connectivity index is 1.51. The van der Waals surface area contributed by atoms with Crippen molar-refractivity contribution in [3.63, 3.8) is 0 Å². The van der Waals surface area contributed by atoms with Crippen LogP contribution in [0.2, 0.25) is 0 Å². The minimum atomic E-state index is -0.642. The molecular formula is C24H32N6O4. The zero-order valence-corrected chi connectivity index (χ0v) is 19.5. The molecule has 0 aromatic carbocycles. The molecule has 2 heterocycles. The van der Waals surface area contributed by atoms with Gasteiger partial charge in [-0.3, -0.25) is 29.1 Å². The summed E-state index contributed by atoms with van der Waals surface area (Å²) in [4.78, 5) is 56.1. The van der Waals surface area contributed by atoms with Crippen molar-refractivity contribution >= 4 is 23.6 Å². The SMILES string of the molecule is C[C@H](NC(=O)c1ccncc1)C(=O)NCCCCCCNC(=O)[C@H](C)NC(=O)c1ccncc1. The van der Waals surface area contributed by atoms with Gasteiger partial charge in [-0.05, 0) is 51.0 Å². The van der Waals surface area contributed by atoms with Gasteiger partial charge in [-0.25, -0.2) is 0 Å². The van der Waals surface area contributed by atoms with Gasteiger partial charge in [0.2, 0.25) is 11.8 Å². The van der Waals surface area contributed by atoms with Crippen molar-refractivity contribution in [3.05, 3.63) is 60.2 Å². The molecule has 10 nitrogen and oxygen atoms in total. The van der Waals surface area contributed by atoms with Crippen LogP contribution >= 0.6 is 0 Å². The first kappa shape index (κ1) is 26.4. The van der Waals surface area contributed by atoms with Crippen LogP contribution in [-0.2, 0) is 9.59 Å². The average Bonchev–Trinajstić information content (AvgIpc) is 2.86. The maximum Gasteiger partial charge on any atom is 0.252 e. The van der Waals surface area contributed by atoms with E-state index in [2.05, 4.69) is 31.2 Å². The van der Waals surface area contributed by atoms with Crippen LogP contribution < -0.4 is 21.3 Å². The highest BCUT2D eigenvalue weighted by molar-refractivity contribution is 5.97. The van der Waals surface area contributed by atoms with Gasteiger partial charge in [0.1, 0.15) is 12.1 Å². The fraction of sp³-hybridized carbons (Fsp3) is 0.417. The monoisotopic (exact) mass is 468 g/mol. The van der Waals surface area contributed by atoms with E-state index in [0.717, 1.165) is 25.7 Å². The molecular weight excluding hydrogens is 436 g/mol. The third-order valence-corrected chi connectivity index (χ3v) is 5.07. The predicted molar refractivity (Wildman–Crippen MR) is 127 cm³/mol. The number of hydrogen-bond donors (Lipinski definition) is 4. The van der Waals surface area contributed by atoms with Gasteiger partial charge in [-0.1, -0.05) is 12.8 Å². The molecule has 4 amide bonds. The molecule has 0 unspecified atom stereocenters. The molecule has 0 saturated heterocycles. The molecule has 2 atom stereocenters. The van der Waals surface area contributed by atoms with Gasteiger partial charge in [0.05, 0.1) is 0 Å². The van der Waals surface area contributed by atoms with Gasteiger partial charge in [-0.15, -0.1) is 0 Å². The molecule has 0 aliphatic carbocycles. The Kier molecular flexibility index (Phi) is 11.2. The summed E-state index contributed by atoms with van der Waals surface area (Å²) in [6, 6.07) is 5.06. The smallest absolute Gasteiger partial charge is 0.252 e. The number of pyridine rings is 2. The quantitative estimate of drug-likeness (QED) is 0.326. The molecule has 0 saturated carbocycles. The zero-order valence-electron chi connectivity index (χ0n) is 19.5. The number of amides is 4. The minimum Gasteiger partial charge on any atom is -0.354 e. The minimum absolute atomic E-state index is 0.238. The van der Waals surface area contributed by atoms with Gasteiger partial charge in [-0.2, -0.15) is 0 Å². The summed E-state index contributed by atoms with van der Waals surface area (Å²) in [6.45, 7) is 4.30. The van der Waals surface area contributed by atoms with E-state index in [-0.39, 0.29) is 23.6 Å². The van der Waals surface area contributed by atoms with Crippen LogP contribution in [0.4, 0.5) is 0 Å². The van der Waals surface area contributed by atoms with Crippen molar-refractivity contribution in [2.24, 2.45) is 0 Å². The Bertz CT molecular complexity index is 861. The third kappa shape index (κ3) is 9.35. The number of nitrogens with one attached hydrogen (secondary N) is 4. The Labute approximate surface area is 199 Å². The summed E-state index contributed by atoms with van der Waals surface area (Å²) in [7, 11) is 0. The maximum absolute atomic E-state index is 12.1. The molecule has 34 heavy (non-hydrogen) atoms. The van der Waals surface area contributed by atoms with Gasteiger partial charge < -0.3 is 21.3 Å². The molecule has 2 rings (SSSR count). The number of nitrogens with zero attached hydrogens (tertiary/aromatic N) is 2. The Hall–Kier alpha value is -3.82. The molecule has 2 aromatic rings. The second-order valence-corrected chi connectivity index (χ2v) is 7.86. The van der Waals surface area contributed by atoms with E-state index in [1.54, 1.807) is 38.1 Å². The van der Waals surface area contributed by atoms with E-state index in [1.165, 1.54) is 24.8 Å². The van der Waals surface area contributed by atoms with Crippen molar-refractivity contribution in [2.45, 2.75) is 51.6 Å². The van der Waals surface area contributed by atoms with Crippen LogP contribution in [0, 0.1) is 0 Å². The summed E-state index contributed by atoms with van der Waals surface area (Å²) >= 11 is 0. The van der Waals surface area contributed by atoms with Crippen LogP contribution in [0.25, 0.3) is 0 Å². The van der Waals surface area contributed by atoms with E-state index >= 15 is 0 Å². The summed E-state index contributed by atoms with van der Waals surface area (Å²) in [5.41, 5.74) is 0.902. The maximum atomic E-state index is 12.1. The van der Waals surface area contributed by atoms with Crippen molar-refractivity contribution < 1.29 is 19.2 Å². The molecule has 0 aliphatic heterocycles. The van der Waals surface area contributed by atoms with Crippen LogP contribution in [0.3, 0.4) is 0 Å².